The van der Waals surface area contributed by atoms with Crippen LogP contribution in [0.4, 0.5) is 0 Å². The Morgan fingerprint density at radius 3 is 2.52 bits per heavy atom. The molecular formula is C24H25NO3S. The zero-order chi connectivity index (χ0) is 20.5. The van der Waals surface area contributed by atoms with Crippen LogP contribution in [0.1, 0.15) is 43.5 Å². The molecule has 2 heterocycles. The van der Waals surface area contributed by atoms with E-state index in [2.05, 4.69) is 17.5 Å². The first kappa shape index (κ1) is 19.5. The van der Waals surface area contributed by atoms with E-state index in [1.807, 2.05) is 49.1 Å². The number of nitrogens with zero attached hydrogens (tertiary/aromatic N) is 1. The van der Waals surface area contributed by atoms with Gasteiger partial charge in [0.25, 0.3) is 5.91 Å². The van der Waals surface area contributed by atoms with Gasteiger partial charge < -0.3 is 14.4 Å². The van der Waals surface area contributed by atoms with Gasteiger partial charge in [0.1, 0.15) is 0 Å². The maximum Gasteiger partial charge on any atom is 0.254 e. The van der Waals surface area contributed by atoms with E-state index in [-0.39, 0.29) is 11.9 Å². The van der Waals surface area contributed by atoms with E-state index in [0.717, 1.165) is 39.3 Å². The van der Waals surface area contributed by atoms with Crippen molar-refractivity contribution < 1.29 is 14.3 Å². The molecule has 4 nitrogen and oxygen atoms in total. The van der Waals surface area contributed by atoms with Crippen LogP contribution in [0.5, 0.6) is 11.5 Å². The average molecular weight is 408 g/mol. The van der Waals surface area contributed by atoms with Crippen LogP contribution in [0.15, 0.2) is 47.8 Å². The molecule has 1 aliphatic rings. The predicted octanol–water partition coefficient (Wildman–Crippen LogP) is 5.17. The van der Waals surface area contributed by atoms with E-state index < -0.39 is 0 Å². The van der Waals surface area contributed by atoms with Crippen molar-refractivity contribution in [3.63, 3.8) is 0 Å². The van der Waals surface area contributed by atoms with Crippen molar-refractivity contribution in [2.24, 2.45) is 0 Å². The highest BCUT2D eigenvalue weighted by atomic mass is 32.1. The van der Waals surface area contributed by atoms with E-state index in [9.17, 15) is 4.79 Å². The largest absolute Gasteiger partial charge is 0.493 e. The number of carbonyl (C=O) groups is 1. The predicted molar refractivity (Wildman–Crippen MR) is 116 cm³/mol. The van der Waals surface area contributed by atoms with Gasteiger partial charge in [-0.1, -0.05) is 18.2 Å². The van der Waals surface area contributed by atoms with Crippen molar-refractivity contribution in [3.05, 3.63) is 80.5 Å². The lowest BCUT2D eigenvalue weighted by Crippen LogP contribution is -2.40. The number of methoxy groups -OCH3 is 2. The first-order valence-electron chi connectivity index (χ1n) is 9.70. The quantitative estimate of drug-likeness (QED) is 0.599. The molecule has 5 heteroatoms. The number of amides is 1. The lowest BCUT2D eigenvalue weighted by molar-refractivity contribution is 0.0696. The molecule has 1 aliphatic heterocycles. The minimum Gasteiger partial charge on any atom is -0.493 e. The van der Waals surface area contributed by atoms with Crippen molar-refractivity contribution in [2.75, 3.05) is 20.8 Å². The Morgan fingerprint density at radius 1 is 1.07 bits per heavy atom. The number of hydrogen-bond acceptors (Lipinski definition) is 4. The second-order valence-electron chi connectivity index (χ2n) is 7.32. The standard InChI is InChI=1S/C24H25NO3S/c1-15-7-5-8-18(16(15)2)24(26)25-11-10-17-13-20(27-3)21(28-4)14-19(17)23(25)22-9-6-12-29-22/h5-9,12-14,23H,10-11H2,1-4H3. The van der Waals surface area contributed by atoms with Crippen LogP contribution in [0.2, 0.25) is 0 Å². The van der Waals surface area contributed by atoms with Gasteiger partial charge in [-0.15, -0.1) is 11.3 Å². The number of aryl methyl sites for hydroxylation is 1. The first-order chi connectivity index (χ1) is 14.0. The van der Waals surface area contributed by atoms with Gasteiger partial charge in [-0.3, -0.25) is 4.79 Å². The fourth-order valence-electron chi connectivity index (χ4n) is 4.06. The van der Waals surface area contributed by atoms with Crippen molar-refractivity contribution in [1.29, 1.82) is 0 Å². The Kier molecular flexibility index (Phi) is 5.33. The van der Waals surface area contributed by atoms with Crippen LogP contribution >= 0.6 is 11.3 Å². The maximum atomic E-state index is 13.6. The number of carbonyl (C=O) groups excluding carboxylic acids is 1. The summed E-state index contributed by atoms with van der Waals surface area (Å²) in [4.78, 5) is 16.8. The van der Waals surface area contributed by atoms with Crippen LogP contribution in [-0.2, 0) is 6.42 Å². The van der Waals surface area contributed by atoms with Gasteiger partial charge in [0, 0.05) is 17.0 Å². The highest BCUT2D eigenvalue weighted by molar-refractivity contribution is 7.10. The summed E-state index contributed by atoms with van der Waals surface area (Å²) in [7, 11) is 3.30. The molecule has 29 heavy (non-hydrogen) atoms. The average Bonchev–Trinajstić information content (AvgIpc) is 3.27. The van der Waals surface area contributed by atoms with E-state index in [1.165, 1.54) is 5.56 Å². The van der Waals surface area contributed by atoms with E-state index in [1.54, 1.807) is 25.6 Å². The molecule has 0 fully saturated rings. The van der Waals surface area contributed by atoms with E-state index >= 15 is 0 Å². The van der Waals surface area contributed by atoms with Crippen molar-refractivity contribution in [2.45, 2.75) is 26.3 Å². The SMILES string of the molecule is COc1cc2c(cc1OC)C(c1cccs1)N(C(=O)c1cccc(C)c1C)CC2. The number of benzene rings is 2. The number of fused-ring (bicyclic) bond motifs is 1. The summed E-state index contributed by atoms with van der Waals surface area (Å²) in [5.41, 5.74) is 5.25. The molecule has 1 unspecified atom stereocenters. The summed E-state index contributed by atoms with van der Waals surface area (Å²) in [6.07, 6.45) is 0.786. The zero-order valence-corrected chi connectivity index (χ0v) is 18.0. The van der Waals surface area contributed by atoms with Crippen LogP contribution in [0.3, 0.4) is 0 Å². The summed E-state index contributed by atoms with van der Waals surface area (Å²) in [5, 5.41) is 2.06. The number of thiophene rings is 1. The van der Waals surface area contributed by atoms with Crippen LogP contribution in [0, 0.1) is 13.8 Å². The highest BCUT2D eigenvalue weighted by Crippen LogP contribution is 2.42. The summed E-state index contributed by atoms with van der Waals surface area (Å²) >= 11 is 1.67. The fraction of sp³-hybridized carbons (Fsp3) is 0.292. The van der Waals surface area contributed by atoms with Crippen molar-refractivity contribution >= 4 is 17.2 Å². The zero-order valence-electron chi connectivity index (χ0n) is 17.2. The van der Waals surface area contributed by atoms with Gasteiger partial charge in [-0.05, 0) is 72.2 Å². The molecular weight excluding hydrogens is 382 g/mol. The Bertz CT molecular complexity index is 1040. The molecule has 3 aromatic rings. The molecule has 1 aromatic heterocycles. The summed E-state index contributed by atoms with van der Waals surface area (Å²) in [5.74, 6) is 1.49. The normalized spacial score (nSPS) is 15.7. The molecule has 0 aliphatic carbocycles. The molecule has 0 spiro atoms. The van der Waals surface area contributed by atoms with Gasteiger partial charge in [0.15, 0.2) is 11.5 Å². The van der Waals surface area contributed by atoms with Gasteiger partial charge in [0.2, 0.25) is 0 Å². The minimum absolute atomic E-state index is 0.0741. The second-order valence-corrected chi connectivity index (χ2v) is 8.30. The molecule has 2 aromatic carbocycles. The molecule has 0 saturated carbocycles. The van der Waals surface area contributed by atoms with Crippen LogP contribution in [0.25, 0.3) is 0 Å². The van der Waals surface area contributed by atoms with E-state index in [0.29, 0.717) is 12.3 Å². The molecule has 0 saturated heterocycles. The number of hydrogen-bond donors (Lipinski definition) is 0. The molecule has 1 atom stereocenters. The Hall–Kier alpha value is -2.79. The smallest absolute Gasteiger partial charge is 0.254 e. The van der Waals surface area contributed by atoms with Crippen molar-refractivity contribution in [3.8, 4) is 11.5 Å². The Morgan fingerprint density at radius 2 is 1.83 bits per heavy atom. The summed E-state index contributed by atoms with van der Waals surface area (Å²) in [6.45, 7) is 4.73. The molecule has 0 N–H and O–H groups in total. The second kappa shape index (κ2) is 7.91. The maximum absolute atomic E-state index is 13.6. The summed E-state index contributed by atoms with van der Waals surface area (Å²) < 4.78 is 11.1. The third kappa shape index (κ3) is 3.40. The summed E-state index contributed by atoms with van der Waals surface area (Å²) in [6, 6.07) is 14.0. The molecule has 150 valence electrons. The Labute approximate surface area is 175 Å². The van der Waals surface area contributed by atoms with Crippen molar-refractivity contribution in [1.82, 2.24) is 4.90 Å². The monoisotopic (exact) mass is 407 g/mol. The number of ether oxygens (including phenoxy) is 2. The third-order valence-corrected chi connectivity index (χ3v) is 6.71. The minimum atomic E-state index is -0.133. The number of rotatable bonds is 4. The van der Waals surface area contributed by atoms with Gasteiger partial charge in [0.05, 0.1) is 20.3 Å². The van der Waals surface area contributed by atoms with Crippen LogP contribution in [-0.4, -0.2) is 31.6 Å². The molecule has 4 rings (SSSR count). The van der Waals surface area contributed by atoms with Crippen LogP contribution < -0.4 is 9.47 Å². The molecule has 0 bridgehead atoms. The van der Waals surface area contributed by atoms with Gasteiger partial charge in [-0.2, -0.15) is 0 Å². The van der Waals surface area contributed by atoms with E-state index in [4.69, 9.17) is 9.47 Å². The molecule has 0 radical (unpaired) electrons. The first-order valence-corrected chi connectivity index (χ1v) is 10.6. The third-order valence-electron chi connectivity index (χ3n) is 5.78. The fourth-order valence-corrected chi connectivity index (χ4v) is 4.91. The highest BCUT2D eigenvalue weighted by Gasteiger charge is 2.34. The lowest BCUT2D eigenvalue weighted by atomic mass is 9.90. The van der Waals surface area contributed by atoms with Gasteiger partial charge >= 0.3 is 0 Å². The Balaban J connectivity index is 1.84. The lowest BCUT2D eigenvalue weighted by Gasteiger charge is -2.37. The molecule has 1 amide bonds. The van der Waals surface area contributed by atoms with Gasteiger partial charge in [-0.25, -0.2) is 0 Å². The topological polar surface area (TPSA) is 38.8 Å².